The molecule has 0 amide bonds. The van der Waals surface area contributed by atoms with E-state index in [1.165, 1.54) is 11.1 Å². The molecule has 2 aliphatic rings. The molecule has 3 atom stereocenters. The van der Waals surface area contributed by atoms with Crippen LogP contribution in [-0.4, -0.2) is 11.6 Å². The van der Waals surface area contributed by atoms with Crippen LogP contribution in [0.2, 0.25) is 0 Å². The predicted octanol–water partition coefficient (Wildman–Crippen LogP) is 4.47. The largest absolute Gasteiger partial charge is 0.487 e. The van der Waals surface area contributed by atoms with Crippen molar-refractivity contribution in [1.29, 1.82) is 0 Å². The highest BCUT2D eigenvalue weighted by Gasteiger charge is 2.38. The average molecular weight is 304 g/mol. The normalized spacial score (nSPS) is 24.4. The van der Waals surface area contributed by atoms with Gasteiger partial charge in [0, 0.05) is 18.3 Å². The van der Waals surface area contributed by atoms with Crippen molar-refractivity contribution in [2.24, 2.45) is 5.92 Å². The first kappa shape index (κ1) is 14.1. The number of pyridine rings is 1. The molecule has 0 saturated carbocycles. The van der Waals surface area contributed by atoms with Crippen LogP contribution >= 0.6 is 0 Å². The first-order valence-electron chi connectivity index (χ1n) is 8.08. The van der Waals surface area contributed by atoms with Crippen LogP contribution in [-0.2, 0) is 0 Å². The summed E-state index contributed by atoms with van der Waals surface area (Å²) in [5, 5.41) is 3.72. The third kappa shape index (κ3) is 2.42. The number of benzene rings is 1. The minimum atomic E-state index is 0.254. The summed E-state index contributed by atoms with van der Waals surface area (Å²) >= 11 is 0. The van der Waals surface area contributed by atoms with E-state index in [0.717, 1.165) is 17.9 Å². The van der Waals surface area contributed by atoms with Crippen molar-refractivity contribution in [2.45, 2.75) is 18.4 Å². The zero-order valence-electron chi connectivity index (χ0n) is 13.0. The van der Waals surface area contributed by atoms with E-state index < -0.39 is 0 Å². The van der Waals surface area contributed by atoms with Crippen molar-refractivity contribution >= 4 is 5.69 Å². The molecule has 1 N–H and O–H groups in total. The zero-order chi connectivity index (χ0) is 15.6. The Balaban J connectivity index is 1.77. The van der Waals surface area contributed by atoms with E-state index in [2.05, 4.69) is 47.2 Å². The number of nitrogens with one attached hydrogen (secondary N) is 1. The Labute approximate surface area is 136 Å². The highest BCUT2D eigenvalue weighted by atomic mass is 16.5. The minimum Gasteiger partial charge on any atom is -0.487 e. The molecule has 0 bridgehead atoms. The number of ether oxygens (including phenoxy) is 1. The number of para-hydroxylation sites is 1. The summed E-state index contributed by atoms with van der Waals surface area (Å²) in [6.07, 6.45) is 11.3. The van der Waals surface area contributed by atoms with Gasteiger partial charge >= 0.3 is 0 Å². The number of hydrogen-bond donors (Lipinski definition) is 1. The fourth-order valence-electron chi connectivity index (χ4n) is 3.75. The van der Waals surface area contributed by atoms with Crippen LogP contribution in [0.5, 0.6) is 5.75 Å². The molecule has 0 radical (unpaired) electrons. The lowest BCUT2D eigenvalue weighted by Crippen LogP contribution is -2.29. The molecule has 3 nitrogen and oxygen atoms in total. The van der Waals surface area contributed by atoms with E-state index in [0.29, 0.717) is 18.4 Å². The Bertz CT molecular complexity index is 739. The molecule has 4 rings (SSSR count). The third-order valence-corrected chi connectivity index (χ3v) is 4.76. The first-order chi connectivity index (χ1) is 11.4. The number of anilines is 1. The lowest BCUT2D eigenvalue weighted by molar-refractivity contribution is 0.358. The molecular weight excluding hydrogens is 284 g/mol. The molecule has 116 valence electrons. The Kier molecular flexibility index (Phi) is 3.62. The van der Waals surface area contributed by atoms with Crippen molar-refractivity contribution < 1.29 is 4.74 Å². The monoisotopic (exact) mass is 304 g/mol. The van der Waals surface area contributed by atoms with Gasteiger partial charge in [-0.15, -0.1) is 0 Å². The molecule has 23 heavy (non-hydrogen) atoms. The number of nitrogens with zero attached hydrogens (tertiary/aromatic N) is 1. The van der Waals surface area contributed by atoms with Crippen molar-refractivity contribution in [3.63, 3.8) is 0 Å². The van der Waals surface area contributed by atoms with Crippen molar-refractivity contribution in [3.8, 4) is 5.75 Å². The van der Waals surface area contributed by atoms with Crippen molar-refractivity contribution in [1.82, 2.24) is 4.98 Å². The van der Waals surface area contributed by atoms with Crippen molar-refractivity contribution in [3.05, 3.63) is 78.7 Å². The van der Waals surface area contributed by atoms with E-state index in [1.807, 2.05) is 24.5 Å². The lowest BCUT2D eigenvalue weighted by atomic mass is 9.77. The number of aromatic nitrogens is 1. The molecule has 3 heteroatoms. The standard InChI is InChI=1S/C20H20N2O/c1-2-12-23-18-10-4-9-17-15-7-3-8-16(15)19(22-20(17)18)14-6-5-11-21-13-14/h2-7,9-11,13,15-16,19,22H,1,8,12H2. The molecule has 1 aliphatic carbocycles. The Morgan fingerprint density at radius 3 is 3.09 bits per heavy atom. The lowest BCUT2D eigenvalue weighted by Gasteiger charge is -2.38. The number of fused-ring (bicyclic) bond motifs is 3. The molecule has 1 aromatic heterocycles. The van der Waals surface area contributed by atoms with Gasteiger partial charge in [0.1, 0.15) is 12.4 Å². The molecule has 1 aromatic carbocycles. The van der Waals surface area contributed by atoms with Gasteiger partial charge < -0.3 is 10.1 Å². The molecule has 2 aromatic rings. The Morgan fingerprint density at radius 1 is 1.30 bits per heavy atom. The summed E-state index contributed by atoms with van der Waals surface area (Å²) in [4.78, 5) is 4.30. The fourth-order valence-corrected chi connectivity index (χ4v) is 3.75. The number of rotatable bonds is 4. The van der Waals surface area contributed by atoms with Crippen LogP contribution in [0.15, 0.2) is 67.5 Å². The van der Waals surface area contributed by atoms with Gasteiger partial charge in [0.15, 0.2) is 0 Å². The molecule has 0 saturated heterocycles. The van der Waals surface area contributed by atoms with Gasteiger partial charge in [-0.05, 0) is 35.6 Å². The van der Waals surface area contributed by atoms with E-state index in [4.69, 9.17) is 4.74 Å². The summed E-state index contributed by atoms with van der Waals surface area (Å²) in [5.41, 5.74) is 3.66. The van der Waals surface area contributed by atoms with Crippen LogP contribution in [0.1, 0.15) is 29.5 Å². The highest BCUT2D eigenvalue weighted by molar-refractivity contribution is 5.67. The van der Waals surface area contributed by atoms with Gasteiger partial charge in [0.2, 0.25) is 0 Å². The maximum absolute atomic E-state index is 5.87. The van der Waals surface area contributed by atoms with Gasteiger partial charge in [0.25, 0.3) is 0 Å². The third-order valence-electron chi connectivity index (χ3n) is 4.76. The Morgan fingerprint density at radius 2 is 2.26 bits per heavy atom. The SMILES string of the molecule is C=CCOc1cccc2c1NC(c1cccnc1)C1CC=CC21. The molecule has 1 aliphatic heterocycles. The van der Waals surface area contributed by atoms with E-state index >= 15 is 0 Å². The summed E-state index contributed by atoms with van der Waals surface area (Å²) in [7, 11) is 0. The fraction of sp³-hybridized carbons (Fsp3) is 0.250. The molecule has 2 heterocycles. The second-order valence-electron chi connectivity index (χ2n) is 6.08. The summed E-state index contributed by atoms with van der Waals surface area (Å²) < 4.78 is 5.87. The average Bonchev–Trinajstić information content (AvgIpc) is 3.10. The van der Waals surface area contributed by atoms with Gasteiger partial charge in [0.05, 0.1) is 11.7 Å². The molecular formula is C20H20N2O. The maximum Gasteiger partial charge on any atom is 0.143 e. The van der Waals surface area contributed by atoms with Crippen LogP contribution in [0, 0.1) is 5.92 Å². The van der Waals surface area contributed by atoms with E-state index in [1.54, 1.807) is 6.08 Å². The summed E-state index contributed by atoms with van der Waals surface area (Å²) in [6, 6.07) is 10.7. The highest BCUT2D eigenvalue weighted by Crippen LogP contribution is 2.51. The minimum absolute atomic E-state index is 0.254. The van der Waals surface area contributed by atoms with E-state index in [-0.39, 0.29) is 6.04 Å². The number of hydrogen-bond acceptors (Lipinski definition) is 3. The predicted molar refractivity (Wildman–Crippen MR) is 92.7 cm³/mol. The van der Waals surface area contributed by atoms with Crippen LogP contribution < -0.4 is 10.1 Å². The van der Waals surface area contributed by atoms with Gasteiger partial charge in [-0.3, -0.25) is 4.98 Å². The van der Waals surface area contributed by atoms with Crippen molar-refractivity contribution in [2.75, 3.05) is 11.9 Å². The van der Waals surface area contributed by atoms with Gasteiger partial charge in [-0.2, -0.15) is 0 Å². The molecule has 0 fully saturated rings. The second kappa shape index (κ2) is 5.92. The van der Waals surface area contributed by atoms with Crippen LogP contribution in [0.25, 0.3) is 0 Å². The van der Waals surface area contributed by atoms with Gasteiger partial charge in [-0.25, -0.2) is 0 Å². The topological polar surface area (TPSA) is 34.1 Å². The zero-order valence-corrected chi connectivity index (χ0v) is 13.0. The maximum atomic E-state index is 5.87. The Hall–Kier alpha value is -2.55. The summed E-state index contributed by atoms with van der Waals surface area (Å²) in [6.45, 7) is 4.25. The van der Waals surface area contributed by atoms with Crippen LogP contribution in [0.4, 0.5) is 5.69 Å². The molecule has 0 spiro atoms. The molecule has 3 unspecified atom stereocenters. The number of allylic oxidation sites excluding steroid dienone is 2. The quantitative estimate of drug-likeness (QED) is 0.846. The van der Waals surface area contributed by atoms with Crippen LogP contribution in [0.3, 0.4) is 0 Å². The van der Waals surface area contributed by atoms with Gasteiger partial charge in [-0.1, -0.05) is 43.0 Å². The smallest absolute Gasteiger partial charge is 0.143 e. The first-order valence-corrected chi connectivity index (χ1v) is 8.08. The second-order valence-corrected chi connectivity index (χ2v) is 6.08. The summed E-state index contributed by atoms with van der Waals surface area (Å²) in [5.74, 6) is 1.86. The van der Waals surface area contributed by atoms with E-state index in [9.17, 15) is 0 Å².